The zero-order chi connectivity index (χ0) is 13.0. The number of hydrogen-bond acceptors (Lipinski definition) is 3. The lowest BCUT2D eigenvalue weighted by molar-refractivity contribution is -0.147. The fraction of sp³-hybridized carbons (Fsp3) is 0.857. The van der Waals surface area contributed by atoms with E-state index < -0.39 is 0 Å². The second-order valence-corrected chi connectivity index (χ2v) is 6.32. The van der Waals surface area contributed by atoms with Gasteiger partial charge in [-0.2, -0.15) is 0 Å². The number of carbonyl (C=O) groups is 2. The van der Waals surface area contributed by atoms with E-state index in [-0.39, 0.29) is 34.6 Å². The molecule has 3 heteroatoms. The topological polar surface area (TPSA) is 43.4 Å². The van der Waals surface area contributed by atoms with Crippen molar-refractivity contribution in [3.8, 4) is 0 Å². The van der Waals surface area contributed by atoms with E-state index in [0.29, 0.717) is 12.2 Å². The Morgan fingerprint density at radius 1 is 1.29 bits per heavy atom. The minimum atomic E-state index is -0.117. The maximum absolute atomic E-state index is 12.0. The van der Waals surface area contributed by atoms with Gasteiger partial charge in [-0.1, -0.05) is 27.7 Å². The third-order valence-electron chi connectivity index (χ3n) is 6.04. The fourth-order valence-corrected chi connectivity index (χ4v) is 4.17. The van der Waals surface area contributed by atoms with Gasteiger partial charge < -0.3 is 4.74 Å². The van der Waals surface area contributed by atoms with E-state index in [0.717, 1.165) is 6.42 Å². The Hall–Kier alpha value is -0.860. The number of methoxy groups -OCH3 is 1. The summed E-state index contributed by atoms with van der Waals surface area (Å²) >= 11 is 0. The van der Waals surface area contributed by atoms with Crippen molar-refractivity contribution in [3.05, 3.63) is 0 Å². The normalized spacial score (nSPS) is 49.2. The monoisotopic (exact) mass is 238 g/mol. The van der Waals surface area contributed by atoms with Gasteiger partial charge >= 0.3 is 5.97 Å². The predicted octanol–water partition coefficient (Wildman–Crippen LogP) is 2.44. The van der Waals surface area contributed by atoms with Crippen LogP contribution in [0.15, 0.2) is 0 Å². The van der Waals surface area contributed by atoms with Crippen LogP contribution in [0.2, 0.25) is 0 Å². The van der Waals surface area contributed by atoms with Crippen LogP contribution in [0, 0.1) is 28.6 Å². The van der Waals surface area contributed by atoms with Crippen molar-refractivity contribution in [1.29, 1.82) is 0 Å². The van der Waals surface area contributed by atoms with Crippen LogP contribution in [0.25, 0.3) is 0 Å². The lowest BCUT2D eigenvalue weighted by Crippen LogP contribution is -2.34. The van der Waals surface area contributed by atoms with Gasteiger partial charge in [0.15, 0.2) is 0 Å². The minimum Gasteiger partial charge on any atom is -0.469 e. The van der Waals surface area contributed by atoms with Gasteiger partial charge in [0.2, 0.25) is 0 Å². The van der Waals surface area contributed by atoms with E-state index in [1.807, 2.05) is 6.92 Å². The second kappa shape index (κ2) is 3.56. The fourth-order valence-electron chi connectivity index (χ4n) is 4.17. The SMILES string of the molecule is COC(=O)[C@H]1C[C@]2(C)[C@H](C)C(=O)C[C@]2(C)[C@@H]1C. The number of hydrogen-bond donors (Lipinski definition) is 0. The summed E-state index contributed by atoms with van der Waals surface area (Å²) in [4.78, 5) is 23.8. The van der Waals surface area contributed by atoms with Gasteiger partial charge in [-0.15, -0.1) is 0 Å². The average molecular weight is 238 g/mol. The van der Waals surface area contributed by atoms with E-state index in [1.165, 1.54) is 7.11 Å². The van der Waals surface area contributed by atoms with Crippen LogP contribution in [0.4, 0.5) is 0 Å². The molecule has 0 saturated heterocycles. The molecule has 0 aliphatic heterocycles. The molecule has 5 atom stereocenters. The zero-order valence-corrected chi connectivity index (χ0v) is 11.4. The Labute approximate surface area is 103 Å². The number of Topliss-reactive ketones (excluding diaryl/α,β-unsaturated/α-hetero) is 1. The summed E-state index contributed by atoms with van der Waals surface area (Å²) in [6, 6.07) is 0. The zero-order valence-electron chi connectivity index (χ0n) is 11.4. The second-order valence-electron chi connectivity index (χ2n) is 6.32. The molecule has 0 aromatic rings. The number of ketones is 1. The van der Waals surface area contributed by atoms with Gasteiger partial charge in [-0.05, 0) is 23.2 Å². The van der Waals surface area contributed by atoms with Gasteiger partial charge in [0.05, 0.1) is 13.0 Å². The smallest absolute Gasteiger partial charge is 0.308 e. The summed E-state index contributed by atoms with van der Waals surface area (Å²) in [7, 11) is 1.45. The molecule has 0 radical (unpaired) electrons. The Balaban J connectivity index is 2.39. The van der Waals surface area contributed by atoms with E-state index >= 15 is 0 Å². The summed E-state index contributed by atoms with van der Waals surface area (Å²) in [5.41, 5.74) is -0.106. The van der Waals surface area contributed by atoms with Crippen LogP contribution < -0.4 is 0 Å². The lowest BCUT2D eigenvalue weighted by atomic mass is 9.65. The molecule has 3 nitrogen and oxygen atoms in total. The highest BCUT2D eigenvalue weighted by atomic mass is 16.5. The van der Waals surface area contributed by atoms with Gasteiger partial charge in [0, 0.05) is 12.3 Å². The average Bonchev–Trinajstić information content (AvgIpc) is 2.59. The van der Waals surface area contributed by atoms with E-state index in [4.69, 9.17) is 4.74 Å². The predicted molar refractivity (Wildman–Crippen MR) is 64.3 cm³/mol. The number of carbonyl (C=O) groups excluding carboxylic acids is 2. The Bertz CT molecular complexity index is 374. The molecule has 2 fully saturated rings. The molecule has 0 unspecified atom stereocenters. The van der Waals surface area contributed by atoms with E-state index in [9.17, 15) is 9.59 Å². The van der Waals surface area contributed by atoms with Gasteiger partial charge in [0.25, 0.3) is 0 Å². The minimum absolute atomic E-state index is 0.0504. The van der Waals surface area contributed by atoms with Gasteiger partial charge in [0.1, 0.15) is 5.78 Å². The molecule has 0 spiro atoms. The van der Waals surface area contributed by atoms with Crippen molar-refractivity contribution in [2.24, 2.45) is 28.6 Å². The molecule has 2 rings (SSSR count). The molecule has 0 heterocycles. The number of esters is 1. The molecular formula is C14H22O3. The molecule has 2 aliphatic carbocycles. The molecule has 17 heavy (non-hydrogen) atoms. The molecule has 96 valence electrons. The van der Waals surface area contributed by atoms with Crippen molar-refractivity contribution >= 4 is 11.8 Å². The third kappa shape index (κ3) is 1.34. The van der Waals surface area contributed by atoms with Crippen molar-refractivity contribution in [2.75, 3.05) is 7.11 Å². The number of fused-ring (bicyclic) bond motifs is 1. The highest BCUT2D eigenvalue weighted by molar-refractivity contribution is 5.86. The van der Waals surface area contributed by atoms with Gasteiger partial charge in [-0.25, -0.2) is 0 Å². The van der Waals surface area contributed by atoms with Crippen molar-refractivity contribution < 1.29 is 14.3 Å². The third-order valence-corrected chi connectivity index (χ3v) is 6.04. The highest BCUT2D eigenvalue weighted by Gasteiger charge is 2.66. The summed E-state index contributed by atoms with van der Waals surface area (Å²) in [5.74, 6) is 0.461. The van der Waals surface area contributed by atoms with Gasteiger partial charge in [-0.3, -0.25) is 9.59 Å². The Morgan fingerprint density at radius 3 is 2.35 bits per heavy atom. The van der Waals surface area contributed by atoms with Crippen molar-refractivity contribution in [1.82, 2.24) is 0 Å². The number of rotatable bonds is 1. The van der Waals surface area contributed by atoms with Crippen LogP contribution >= 0.6 is 0 Å². The van der Waals surface area contributed by atoms with E-state index in [2.05, 4.69) is 20.8 Å². The molecular weight excluding hydrogens is 216 g/mol. The Kier molecular flexibility index (Phi) is 2.64. The quantitative estimate of drug-likeness (QED) is 0.659. The summed E-state index contributed by atoms with van der Waals surface area (Å²) in [6.07, 6.45) is 1.39. The molecule has 0 amide bonds. The first kappa shape index (κ1) is 12.6. The van der Waals surface area contributed by atoms with Crippen LogP contribution in [0.3, 0.4) is 0 Å². The highest BCUT2D eigenvalue weighted by Crippen LogP contribution is 2.67. The standard InChI is InChI=1S/C14H22O3/c1-8-10(12(16)17-5)6-13(3)9(2)11(15)7-14(8,13)4/h8-10H,6-7H2,1-5H3/t8-,9-,10+,13-,14-/m1/s1. The first-order valence-electron chi connectivity index (χ1n) is 6.38. The first-order valence-corrected chi connectivity index (χ1v) is 6.38. The van der Waals surface area contributed by atoms with Crippen LogP contribution in [0.1, 0.15) is 40.5 Å². The maximum Gasteiger partial charge on any atom is 0.308 e. The molecule has 0 aromatic heterocycles. The maximum atomic E-state index is 12.0. The molecule has 0 bridgehead atoms. The first-order chi connectivity index (χ1) is 7.78. The van der Waals surface area contributed by atoms with Crippen LogP contribution in [-0.4, -0.2) is 18.9 Å². The van der Waals surface area contributed by atoms with Crippen LogP contribution in [-0.2, 0) is 14.3 Å². The molecule has 2 saturated carbocycles. The lowest BCUT2D eigenvalue weighted by Gasteiger charge is -2.38. The van der Waals surface area contributed by atoms with Crippen molar-refractivity contribution in [2.45, 2.75) is 40.5 Å². The summed E-state index contributed by atoms with van der Waals surface area (Å²) in [6.45, 7) is 8.45. The van der Waals surface area contributed by atoms with Crippen LogP contribution in [0.5, 0.6) is 0 Å². The largest absolute Gasteiger partial charge is 0.469 e. The van der Waals surface area contributed by atoms with E-state index in [1.54, 1.807) is 0 Å². The molecule has 0 aromatic carbocycles. The van der Waals surface area contributed by atoms with Crippen molar-refractivity contribution in [3.63, 3.8) is 0 Å². The molecule has 2 aliphatic rings. The molecule has 0 N–H and O–H groups in total. The summed E-state index contributed by atoms with van der Waals surface area (Å²) < 4.78 is 4.90. The Morgan fingerprint density at radius 2 is 1.88 bits per heavy atom. The summed E-state index contributed by atoms with van der Waals surface area (Å²) in [5, 5.41) is 0. The number of ether oxygens (including phenoxy) is 1.